The minimum atomic E-state index is -4.51. The number of hydrogen-bond donors (Lipinski definition) is 4. The van der Waals surface area contributed by atoms with Crippen LogP contribution >= 0.6 is 12.4 Å². The number of methoxy groups -OCH3 is 2. The van der Waals surface area contributed by atoms with Gasteiger partial charge in [-0.1, -0.05) is 158 Å². The first-order chi connectivity index (χ1) is 64.3. The molecule has 0 bridgehead atoms. The number of aldehydes is 1. The highest BCUT2D eigenvalue weighted by Gasteiger charge is 2.61. The second-order valence-corrected chi connectivity index (χ2v) is 40.5. The Morgan fingerprint density at radius 1 is 0.397 bits per heavy atom. The number of esters is 2. The predicted molar refractivity (Wildman–Crippen MR) is 503 cm³/mol. The first-order valence-electron chi connectivity index (χ1n) is 49.1. The lowest BCUT2D eigenvalue weighted by molar-refractivity contribution is -0.170. The molecule has 0 aliphatic heterocycles. The highest BCUT2D eigenvalue weighted by atomic mass is 35.5. The van der Waals surface area contributed by atoms with Crippen LogP contribution in [0.25, 0.3) is 43.1 Å². The van der Waals surface area contributed by atoms with Crippen LogP contribution in [0.5, 0.6) is 23.0 Å². The monoisotopic (exact) mass is 1930 g/mol. The van der Waals surface area contributed by atoms with Crippen molar-refractivity contribution in [2.45, 2.75) is 327 Å². The van der Waals surface area contributed by atoms with Crippen LogP contribution < -0.4 is 35.3 Å². The number of halogens is 13. The zero-order valence-corrected chi connectivity index (χ0v) is 79.6. The summed E-state index contributed by atoms with van der Waals surface area (Å²) < 4.78 is 200. The quantitative estimate of drug-likeness (QED) is 0.0337. The lowest BCUT2D eigenvalue weighted by atomic mass is 9.50. The Morgan fingerprint density at radius 3 is 1.00 bits per heavy atom. The van der Waals surface area contributed by atoms with Crippen molar-refractivity contribution in [3.05, 3.63) is 166 Å². The third-order valence-corrected chi connectivity index (χ3v) is 31.7. The van der Waals surface area contributed by atoms with E-state index in [0.717, 1.165) is 209 Å². The van der Waals surface area contributed by atoms with Crippen molar-refractivity contribution in [2.24, 2.45) is 63.4 Å². The number of carbonyl (C=O) groups excluding carboxylic acids is 4. The fraction of sp³-hybridized carbons (Fsp3) is 0.583. The van der Waals surface area contributed by atoms with Gasteiger partial charge in [-0.25, -0.2) is 0 Å². The van der Waals surface area contributed by atoms with E-state index in [1.807, 2.05) is 12.1 Å². The molecule has 8 aromatic carbocycles. The van der Waals surface area contributed by atoms with Crippen LogP contribution in [0, 0.1) is 57.7 Å². The molecule has 3 spiro atoms. The molecule has 10 fully saturated rings. The molecule has 5 N–H and O–H groups in total. The van der Waals surface area contributed by atoms with Crippen molar-refractivity contribution >= 4 is 85.5 Å². The second-order valence-electron chi connectivity index (χ2n) is 40.5. The van der Waals surface area contributed by atoms with Crippen LogP contribution in [-0.2, 0) is 73.0 Å². The van der Waals surface area contributed by atoms with E-state index in [-0.39, 0.29) is 145 Å². The van der Waals surface area contributed by atoms with Gasteiger partial charge in [-0.05, 0) is 297 Å². The van der Waals surface area contributed by atoms with Crippen LogP contribution in [0.15, 0.2) is 121 Å². The van der Waals surface area contributed by atoms with Crippen molar-refractivity contribution in [3.8, 4) is 23.0 Å². The Balaban J connectivity index is 0.000000148. The Morgan fingerprint density at radius 2 is 0.691 bits per heavy atom. The number of fused-ring (bicyclic) bond motifs is 4. The number of hydrogen-bond acceptors (Lipinski definition) is 14. The second kappa shape index (κ2) is 44.7. The molecule has 136 heavy (non-hydrogen) atoms. The maximum absolute atomic E-state index is 14.2. The molecular weight excluding hydrogens is 1790 g/mol. The smallest absolute Gasteiger partial charge is 0.420 e. The zero-order valence-electron chi connectivity index (χ0n) is 78.8. The van der Waals surface area contributed by atoms with Gasteiger partial charge in [0.15, 0.2) is 0 Å². The highest BCUT2D eigenvalue weighted by Crippen LogP contribution is 2.59. The number of nitrogens with two attached hydrogens (primary N) is 1. The van der Waals surface area contributed by atoms with Gasteiger partial charge in [0.1, 0.15) is 57.3 Å². The van der Waals surface area contributed by atoms with Gasteiger partial charge in [-0.2, -0.15) is 52.7 Å². The molecule has 10 aliphatic rings. The molecule has 18 rings (SSSR count). The van der Waals surface area contributed by atoms with Gasteiger partial charge < -0.3 is 49.9 Å². The van der Waals surface area contributed by atoms with Gasteiger partial charge in [-0.15, -0.1) is 12.4 Å². The standard InChI is InChI=1S/C30H38F3NO3.C29H36F3NO3.C19H22F3NO.C19H19F3O2.C11H16O3.ClH/c1-19-6-10-22(11-7-19)37-25-13-9-21-16-20(8-12-23(21)27(25)30(31,32)33)18-34-26-17-24(28(35)36-2)29(26)14-4-3-5-15-29;1-18-5-9-21(10-6-18)36-24-12-8-20-15-19(7-11-22(20)26(24)29(30,31)32)17-33-25-16-23(27(34)35)28(25)13-3-2-4-14-28;2*1-12-2-6-15(7-3-12)24-17-9-5-14-10-13(11-23)4-8-16(14)18(17)19(20,21)22;1-14-10(13)8-7-9(12)11(8)5-3-2-4-6-11;/h8-9,12-13,16,19,22,24,26,34H,3-7,10-11,14-15,17-18H2,1-2H3;7-8,11-12,15,18,21,23,25,33H,2-6,9-10,13-14,16-17H2,1H3,(H,34,35);4-5,8-10,12,15H,2-3,6-7,11,23H2,1H3;4-5,8-12,15H,2-3,6-7H2,1H3;8H,2-7H2,1H3;1H. The molecule has 5 unspecified atom stereocenters. The normalized spacial score (nSPS) is 25.7. The van der Waals surface area contributed by atoms with Crippen molar-refractivity contribution in [2.75, 3.05) is 14.2 Å². The number of ketones is 1. The topological polar surface area (TPSA) is 211 Å². The first kappa shape index (κ1) is 104. The van der Waals surface area contributed by atoms with Gasteiger partial charge >= 0.3 is 42.6 Å². The fourth-order valence-electron chi connectivity index (χ4n) is 23.7. The number of carboxylic acids is 1. The van der Waals surface area contributed by atoms with E-state index in [4.69, 9.17) is 34.2 Å². The molecule has 0 saturated heterocycles. The average molecular weight is 1930 g/mol. The number of carboxylic acid groups (broad SMARTS) is 1. The number of benzene rings is 8. The number of alkyl halides is 12. The molecule has 0 amide bonds. The largest absolute Gasteiger partial charge is 0.490 e. The van der Waals surface area contributed by atoms with Gasteiger partial charge in [0.25, 0.3) is 0 Å². The van der Waals surface area contributed by atoms with Crippen LogP contribution in [0.4, 0.5) is 52.7 Å². The number of carbonyl (C=O) groups is 5. The summed E-state index contributed by atoms with van der Waals surface area (Å²) in [5.41, 5.74) is 5.21. The zero-order chi connectivity index (χ0) is 96.5. The van der Waals surface area contributed by atoms with Gasteiger partial charge in [0, 0.05) is 49.1 Å². The van der Waals surface area contributed by atoms with E-state index in [9.17, 15) is 81.8 Å². The van der Waals surface area contributed by atoms with Crippen molar-refractivity contribution in [3.63, 3.8) is 0 Å². The molecular formula is C108H132ClF12N3O12. The molecule has 10 saturated carbocycles. The van der Waals surface area contributed by atoms with Crippen LogP contribution in [-0.4, -0.2) is 85.8 Å². The molecule has 5 atom stereocenters. The summed E-state index contributed by atoms with van der Waals surface area (Å²) in [6.45, 7) is 10.0. The lowest BCUT2D eigenvalue weighted by Crippen LogP contribution is -2.62. The molecule has 10 aliphatic carbocycles. The summed E-state index contributed by atoms with van der Waals surface area (Å²) in [4.78, 5) is 58.0. The summed E-state index contributed by atoms with van der Waals surface area (Å²) in [5, 5.41) is 19.4. The van der Waals surface area contributed by atoms with Crippen LogP contribution in [0.1, 0.15) is 295 Å². The number of aliphatic carboxylic acids is 1. The van der Waals surface area contributed by atoms with E-state index >= 15 is 0 Å². The van der Waals surface area contributed by atoms with Crippen molar-refractivity contribution < 1.29 is 110 Å². The third kappa shape index (κ3) is 24.0. The molecule has 0 aromatic heterocycles. The van der Waals surface area contributed by atoms with Crippen LogP contribution in [0.2, 0.25) is 0 Å². The summed E-state index contributed by atoms with van der Waals surface area (Å²) in [7, 11) is 2.86. The van der Waals surface area contributed by atoms with E-state index in [0.29, 0.717) is 89.5 Å². The van der Waals surface area contributed by atoms with E-state index in [1.54, 1.807) is 60.7 Å². The summed E-state index contributed by atoms with van der Waals surface area (Å²) >= 11 is 0. The molecule has 0 radical (unpaired) electrons. The van der Waals surface area contributed by atoms with Crippen molar-refractivity contribution in [1.29, 1.82) is 0 Å². The van der Waals surface area contributed by atoms with Gasteiger partial charge in [0.05, 0.1) is 56.4 Å². The fourth-order valence-corrected chi connectivity index (χ4v) is 23.7. The van der Waals surface area contributed by atoms with Crippen LogP contribution in [0.3, 0.4) is 0 Å². The van der Waals surface area contributed by atoms with E-state index < -0.39 is 52.9 Å². The van der Waals surface area contributed by atoms with E-state index in [1.165, 1.54) is 75.6 Å². The lowest BCUT2D eigenvalue weighted by Gasteiger charge is -2.57. The molecule has 8 aromatic rings. The van der Waals surface area contributed by atoms with E-state index in [2.05, 4.69) is 38.3 Å². The Hall–Kier alpha value is -8.92. The number of ether oxygens (including phenoxy) is 6. The number of rotatable bonds is 19. The minimum absolute atomic E-state index is 0. The number of nitrogens with one attached hydrogen (secondary N) is 2. The Kier molecular flexibility index (Phi) is 34.3. The maximum atomic E-state index is 14.2. The SMILES string of the molecule is CC1CCC(Oc2ccc3cc(C=O)ccc3c2C(F)(F)F)CC1.CC1CCC(Oc2ccc3cc(CN)ccc3c2C(F)(F)F)CC1.CC1CCC(Oc2ccc3cc(CNC4CC(C(=O)O)C45CCCCC5)ccc3c2C(F)(F)F)CC1.COC(=O)C1CC(=O)C12CCCCC2.COC(=O)C1CC(NCc2ccc3c(C(F)(F)F)c(OC4CCC(C)CC4)ccc3c2)C12CCCCC2.Cl. The third-order valence-electron chi connectivity index (χ3n) is 31.7. The maximum Gasteiger partial charge on any atom is 0.420 e. The first-order valence-corrected chi connectivity index (χ1v) is 49.1. The summed E-state index contributed by atoms with van der Waals surface area (Å²) in [6, 6.07) is 32.2. The summed E-state index contributed by atoms with van der Waals surface area (Å²) in [5.74, 6) is 0.878. The Bertz CT molecular complexity index is 5440. The predicted octanol–water partition coefficient (Wildman–Crippen LogP) is 27.8. The highest BCUT2D eigenvalue weighted by molar-refractivity contribution is 6.00. The molecule has 15 nitrogen and oxygen atoms in total. The molecule has 0 heterocycles. The molecule has 28 heteroatoms. The van der Waals surface area contributed by atoms with Gasteiger partial charge in [-0.3, -0.25) is 24.0 Å². The van der Waals surface area contributed by atoms with Crippen molar-refractivity contribution in [1.82, 2.24) is 10.6 Å². The Labute approximate surface area is 795 Å². The minimum Gasteiger partial charge on any atom is -0.490 e. The van der Waals surface area contributed by atoms with Gasteiger partial charge in [0.2, 0.25) is 0 Å². The number of Topliss-reactive ketones (excluding diaryl/α,β-unsaturated/α-hetero) is 1. The molecule has 742 valence electrons. The summed E-state index contributed by atoms with van der Waals surface area (Å²) in [6.07, 6.45) is 13.7. The average Bonchev–Trinajstić information content (AvgIpc) is 0.728.